The maximum atomic E-state index is 11.7. The zero-order valence-electron chi connectivity index (χ0n) is 8.62. The Bertz CT molecular complexity index is 319. The van der Waals surface area contributed by atoms with Gasteiger partial charge >= 0.3 is 5.97 Å². The lowest BCUT2D eigenvalue weighted by Crippen LogP contribution is -2.41. The molecule has 1 atom stereocenters. The van der Waals surface area contributed by atoms with E-state index in [4.69, 9.17) is 0 Å². The molecule has 0 aromatic rings. The van der Waals surface area contributed by atoms with E-state index < -0.39 is 11.5 Å². The molecule has 1 unspecified atom stereocenters. The van der Waals surface area contributed by atoms with Crippen molar-refractivity contribution in [3.05, 3.63) is 0 Å². The first-order valence-electron chi connectivity index (χ1n) is 4.84. The molecule has 1 fully saturated rings. The highest BCUT2D eigenvalue weighted by Gasteiger charge is 2.42. The Hall–Kier alpha value is -1.48. The Morgan fingerprint density at radius 2 is 2.33 bits per heavy atom. The van der Waals surface area contributed by atoms with Crippen LogP contribution in [0.3, 0.4) is 0 Å². The number of carbonyl (C=O) groups excluding carboxylic acids is 3. The number of ketones is 1. The van der Waals surface area contributed by atoms with E-state index in [1.54, 1.807) is 0 Å². The van der Waals surface area contributed by atoms with Gasteiger partial charge in [-0.2, -0.15) is 4.99 Å². The van der Waals surface area contributed by atoms with Gasteiger partial charge in [0.2, 0.25) is 6.08 Å². The Morgan fingerprint density at radius 3 is 2.87 bits per heavy atom. The van der Waals surface area contributed by atoms with Crippen LogP contribution in [-0.2, 0) is 19.1 Å². The van der Waals surface area contributed by atoms with Crippen molar-refractivity contribution in [2.45, 2.75) is 37.6 Å². The lowest BCUT2D eigenvalue weighted by atomic mass is 9.79. The minimum absolute atomic E-state index is 0.155. The quantitative estimate of drug-likeness (QED) is 0.392. The van der Waals surface area contributed by atoms with Crippen LogP contribution in [0.2, 0.25) is 0 Å². The standard InChI is InChI=1S/C10H13NO4/c1-15-9(14)6-10(11-7-12)5-3-2-4-8(10)13/h2-6H2,1H3. The fraction of sp³-hybridized carbons (Fsp3) is 0.700. The van der Waals surface area contributed by atoms with Gasteiger partial charge in [0, 0.05) is 6.42 Å². The average Bonchev–Trinajstić information content (AvgIpc) is 2.23. The summed E-state index contributed by atoms with van der Waals surface area (Å²) < 4.78 is 4.49. The predicted octanol–water partition coefficient (Wildman–Crippen LogP) is 0.767. The van der Waals surface area contributed by atoms with Crippen LogP contribution in [0.1, 0.15) is 32.1 Å². The highest BCUT2D eigenvalue weighted by molar-refractivity contribution is 5.93. The number of hydrogen-bond acceptors (Lipinski definition) is 5. The number of ether oxygens (including phenoxy) is 1. The first-order chi connectivity index (χ1) is 7.14. The molecule has 0 radical (unpaired) electrons. The number of carbonyl (C=O) groups is 2. The van der Waals surface area contributed by atoms with Gasteiger partial charge in [-0.15, -0.1) is 0 Å². The van der Waals surface area contributed by atoms with Crippen LogP contribution in [0.4, 0.5) is 0 Å². The van der Waals surface area contributed by atoms with Gasteiger partial charge in [0.15, 0.2) is 5.78 Å². The van der Waals surface area contributed by atoms with Gasteiger partial charge in [-0.1, -0.05) is 6.42 Å². The molecule has 0 bridgehead atoms. The summed E-state index contributed by atoms with van der Waals surface area (Å²) in [7, 11) is 1.24. The van der Waals surface area contributed by atoms with E-state index in [-0.39, 0.29) is 12.2 Å². The normalized spacial score (nSPS) is 25.5. The smallest absolute Gasteiger partial charge is 0.308 e. The number of methoxy groups -OCH3 is 1. The molecule has 0 aromatic carbocycles. The highest BCUT2D eigenvalue weighted by Crippen LogP contribution is 2.31. The summed E-state index contributed by atoms with van der Waals surface area (Å²) in [6, 6.07) is 0. The molecular formula is C10H13NO4. The van der Waals surface area contributed by atoms with Gasteiger partial charge in [-0.05, 0) is 12.8 Å². The molecule has 15 heavy (non-hydrogen) atoms. The third-order valence-electron chi connectivity index (χ3n) is 2.69. The molecule has 0 aromatic heterocycles. The Kier molecular flexibility index (Phi) is 3.74. The van der Waals surface area contributed by atoms with Crippen molar-refractivity contribution in [2.24, 2.45) is 4.99 Å². The summed E-state index contributed by atoms with van der Waals surface area (Å²) >= 11 is 0. The maximum absolute atomic E-state index is 11.7. The molecule has 0 spiro atoms. The molecule has 1 rings (SSSR count). The summed E-state index contributed by atoms with van der Waals surface area (Å²) in [6.07, 6.45) is 3.59. The predicted molar refractivity (Wildman–Crippen MR) is 51.0 cm³/mol. The lowest BCUT2D eigenvalue weighted by molar-refractivity contribution is -0.145. The monoisotopic (exact) mass is 211 g/mol. The Morgan fingerprint density at radius 1 is 1.60 bits per heavy atom. The van der Waals surface area contributed by atoms with Crippen molar-refractivity contribution in [3.8, 4) is 0 Å². The van der Waals surface area contributed by atoms with Gasteiger partial charge in [-0.25, -0.2) is 4.79 Å². The van der Waals surface area contributed by atoms with Crippen molar-refractivity contribution in [1.29, 1.82) is 0 Å². The van der Waals surface area contributed by atoms with Crippen LogP contribution in [0.25, 0.3) is 0 Å². The first kappa shape index (κ1) is 11.6. The van der Waals surface area contributed by atoms with Crippen LogP contribution in [0.5, 0.6) is 0 Å². The average molecular weight is 211 g/mol. The number of Topliss-reactive ketones (excluding diaryl/α,β-unsaturated/α-hetero) is 1. The van der Waals surface area contributed by atoms with Crippen molar-refractivity contribution in [2.75, 3.05) is 7.11 Å². The van der Waals surface area contributed by atoms with E-state index in [0.29, 0.717) is 12.8 Å². The number of rotatable bonds is 3. The minimum atomic E-state index is -1.20. The zero-order valence-corrected chi connectivity index (χ0v) is 8.62. The number of isocyanates is 1. The van der Waals surface area contributed by atoms with Crippen LogP contribution in [0.15, 0.2) is 4.99 Å². The van der Waals surface area contributed by atoms with Gasteiger partial charge in [0.1, 0.15) is 5.54 Å². The topological polar surface area (TPSA) is 72.8 Å². The van der Waals surface area contributed by atoms with E-state index >= 15 is 0 Å². The Labute approximate surface area is 87.5 Å². The van der Waals surface area contributed by atoms with E-state index in [1.165, 1.54) is 13.2 Å². The third-order valence-corrected chi connectivity index (χ3v) is 2.69. The van der Waals surface area contributed by atoms with Crippen molar-refractivity contribution in [1.82, 2.24) is 0 Å². The van der Waals surface area contributed by atoms with Crippen LogP contribution in [0, 0.1) is 0 Å². The molecule has 82 valence electrons. The second-order valence-electron chi connectivity index (χ2n) is 3.62. The fourth-order valence-electron chi connectivity index (χ4n) is 1.82. The van der Waals surface area contributed by atoms with E-state index in [0.717, 1.165) is 12.8 Å². The zero-order chi connectivity index (χ0) is 11.3. The largest absolute Gasteiger partial charge is 0.469 e. The summed E-state index contributed by atoms with van der Waals surface area (Å²) in [5, 5.41) is 0. The fourth-order valence-corrected chi connectivity index (χ4v) is 1.82. The summed E-state index contributed by atoms with van der Waals surface area (Å²) in [5.74, 6) is -0.688. The summed E-state index contributed by atoms with van der Waals surface area (Å²) in [5.41, 5.74) is -1.20. The Balaban J connectivity index is 2.90. The molecule has 1 aliphatic rings. The second kappa shape index (κ2) is 4.84. The number of aliphatic imine (C=N–C) groups is 1. The van der Waals surface area contributed by atoms with Crippen LogP contribution >= 0.6 is 0 Å². The van der Waals surface area contributed by atoms with Crippen molar-refractivity contribution < 1.29 is 19.1 Å². The van der Waals surface area contributed by atoms with E-state index in [2.05, 4.69) is 9.73 Å². The molecule has 1 saturated carbocycles. The number of esters is 1. The summed E-state index contributed by atoms with van der Waals surface area (Å²) in [6.45, 7) is 0. The van der Waals surface area contributed by atoms with Gasteiger partial charge < -0.3 is 4.74 Å². The van der Waals surface area contributed by atoms with Gasteiger partial charge in [0.05, 0.1) is 13.5 Å². The third kappa shape index (κ3) is 2.50. The lowest BCUT2D eigenvalue weighted by Gasteiger charge is -2.29. The molecule has 0 heterocycles. The number of hydrogen-bond donors (Lipinski definition) is 0. The molecule has 0 saturated heterocycles. The maximum Gasteiger partial charge on any atom is 0.308 e. The first-order valence-corrected chi connectivity index (χ1v) is 4.84. The van der Waals surface area contributed by atoms with Crippen molar-refractivity contribution in [3.63, 3.8) is 0 Å². The van der Waals surface area contributed by atoms with E-state index in [1.807, 2.05) is 0 Å². The van der Waals surface area contributed by atoms with Gasteiger partial charge in [0.25, 0.3) is 0 Å². The summed E-state index contributed by atoms with van der Waals surface area (Å²) in [4.78, 5) is 36.6. The number of nitrogens with zero attached hydrogens (tertiary/aromatic N) is 1. The van der Waals surface area contributed by atoms with Crippen LogP contribution < -0.4 is 0 Å². The van der Waals surface area contributed by atoms with Gasteiger partial charge in [-0.3, -0.25) is 9.59 Å². The molecular weight excluding hydrogens is 198 g/mol. The molecule has 5 nitrogen and oxygen atoms in total. The van der Waals surface area contributed by atoms with E-state index in [9.17, 15) is 14.4 Å². The molecule has 0 aliphatic heterocycles. The SMILES string of the molecule is COC(=O)CC1(N=C=O)CCCCC1=O. The minimum Gasteiger partial charge on any atom is -0.469 e. The highest BCUT2D eigenvalue weighted by atomic mass is 16.5. The molecule has 0 amide bonds. The van der Waals surface area contributed by atoms with Crippen molar-refractivity contribution >= 4 is 17.8 Å². The second-order valence-corrected chi connectivity index (χ2v) is 3.62. The molecule has 1 aliphatic carbocycles. The molecule has 0 N–H and O–H groups in total. The van der Waals surface area contributed by atoms with Crippen LogP contribution in [-0.4, -0.2) is 30.5 Å². The molecule has 5 heteroatoms.